The number of hydrogen-bond donors (Lipinski definition) is 1. The quantitative estimate of drug-likeness (QED) is 0.838. The maximum Gasteiger partial charge on any atom is 0.0345 e. The van der Waals surface area contributed by atoms with Gasteiger partial charge in [-0.1, -0.05) is 30.3 Å². The Hall–Kier alpha value is -0.900. The first-order valence-electron chi connectivity index (χ1n) is 6.39. The minimum Gasteiger partial charge on any atom is -0.314 e. The molecule has 1 aromatic carbocycles. The van der Waals surface area contributed by atoms with E-state index in [1.54, 1.807) is 0 Å². The van der Waals surface area contributed by atoms with E-state index in [1.165, 1.54) is 5.56 Å². The summed E-state index contributed by atoms with van der Waals surface area (Å²) in [4.78, 5) is 4.86. The van der Waals surface area contributed by atoms with Gasteiger partial charge < -0.3 is 10.2 Å². The summed E-state index contributed by atoms with van der Waals surface area (Å²) in [5.41, 5.74) is 1.39. The van der Waals surface area contributed by atoms with E-state index in [0.717, 1.165) is 32.7 Å². The third-order valence-electron chi connectivity index (χ3n) is 3.46. The molecule has 1 unspecified atom stereocenters. The van der Waals surface area contributed by atoms with Crippen molar-refractivity contribution in [2.45, 2.75) is 12.6 Å². The van der Waals surface area contributed by atoms with E-state index < -0.39 is 0 Å². The fourth-order valence-corrected chi connectivity index (χ4v) is 2.39. The Bertz CT molecular complexity index is 325. The lowest BCUT2D eigenvalue weighted by Gasteiger charge is -2.35. The van der Waals surface area contributed by atoms with Crippen molar-refractivity contribution in [1.29, 1.82) is 0 Å². The molecule has 1 atom stereocenters. The smallest absolute Gasteiger partial charge is 0.0345 e. The van der Waals surface area contributed by atoms with E-state index in [2.05, 4.69) is 59.5 Å². The predicted octanol–water partition coefficient (Wildman–Crippen LogP) is 1.02. The molecule has 17 heavy (non-hydrogen) atoms. The molecule has 1 fully saturated rings. The maximum atomic E-state index is 3.47. The molecule has 0 spiro atoms. The van der Waals surface area contributed by atoms with Crippen LogP contribution in [0.25, 0.3) is 0 Å². The first-order valence-corrected chi connectivity index (χ1v) is 6.39. The molecule has 0 aliphatic carbocycles. The topological polar surface area (TPSA) is 18.5 Å². The first-order chi connectivity index (χ1) is 8.25. The first kappa shape index (κ1) is 12.6. The van der Waals surface area contributed by atoms with Gasteiger partial charge in [-0.2, -0.15) is 0 Å². The molecule has 0 aromatic heterocycles. The van der Waals surface area contributed by atoms with Crippen LogP contribution < -0.4 is 5.32 Å². The molecule has 3 nitrogen and oxygen atoms in total. The number of piperazine rings is 1. The van der Waals surface area contributed by atoms with Gasteiger partial charge in [0.25, 0.3) is 0 Å². The zero-order valence-electron chi connectivity index (χ0n) is 10.9. The van der Waals surface area contributed by atoms with Crippen LogP contribution in [0.5, 0.6) is 0 Å². The summed E-state index contributed by atoms with van der Waals surface area (Å²) in [7, 11) is 4.43. The highest BCUT2D eigenvalue weighted by atomic mass is 15.2. The van der Waals surface area contributed by atoms with Crippen molar-refractivity contribution >= 4 is 0 Å². The molecule has 94 valence electrons. The Balaban J connectivity index is 1.82. The van der Waals surface area contributed by atoms with Gasteiger partial charge in [-0.3, -0.25) is 4.90 Å². The maximum absolute atomic E-state index is 3.47. The minimum absolute atomic E-state index is 0.637. The van der Waals surface area contributed by atoms with Crippen LogP contribution in [0.15, 0.2) is 30.3 Å². The summed E-state index contributed by atoms with van der Waals surface area (Å²) in [6.07, 6.45) is 0. The molecule has 1 aliphatic heterocycles. The van der Waals surface area contributed by atoms with Crippen molar-refractivity contribution < 1.29 is 0 Å². The third kappa shape index (κ3) is 3.80. The molecule has 0 amide bonds. The monoisotopic (exact) mass is 233 g/mol. The van der Waals surface area contributed by atoms with Gasteiger partial charge in [0.2, 0.25) is 0 Å². The molecule has 1 heterocycles. The zero-order chi connectivity index (χ0) is 12.1. The van der Waals surface area contributed by atoms with Crippen LogP contribution in [-0.4, -0.2) is 56.1 Å². The van der Waals surface area contributed by atoms with Crippen molar-refractivity contribution in [3.8, 4) is 0 Å². The molecule has 0 bridgehead atoms. The number of rotatable bonds is 4. The van der Waals surface area contributed by atoms with Gasteiger partial charge in [-0.05, 0) is 19.7 Å². The van der Waals surface area contributed by atoms with Gasteiger partial charge in [-0.15, -0.1) is 0 Å². The summed E-state index contributed by atoms with van der Waals surface area (Å²) >= 11 is 0. The molecule has 0 saturated carbocycles. The van der Waals surface area contributed by atoms with E-state index in [4.69, 9.17) is 0 Å². The number of benzene rings is 1. The zero-order valence-corrected chi connectivity index (χ0v) is 10.9. The van der Waals surface area contributed by atoms with Crippen LogP contribution >= 0.6 is 0 Å². The molecule has 1 N–H and O–H groups in total. The van der Waals surface area contributed by atoms with Gasteiger partial charge in [0, 0.05) is 38.8 Å². The van der Waals surface area contributed by atoms with Crippen LogP contribution in [0.3, 0.4) is 0 Å². The average Bonchev–Trinajstić information content (AvgIpc) is 2.33. The fraction of sp³-hybridized carbons (Fsp3) is 0.571. The molecule has 1 saturated heterocycles. The van der Waals surface area contributed by atoms with Gasteiger partial charge in [0.1, 0.15) is 0 Å². The lowest BCUT2D eigenvalue weighted by molar-refractivity contribution is 0.150. The van der Waals surface area contributed by atoms with Gasteiger partial charge >= 0.3 is 0 Å². The standard InChI is InChI=1S/C14H23N3/c1-16(11-13-6-4-3-5-7-13)12-14-10-15-8-9-17(14)2/h3-7,14-15H,8-12H2,1-2H3. The Morgan fingerprint density at radius 1 is 1.35 bits per heavy atom. The molecular formula is C14H23N3. The highest BCUT2D eigenvalue weighted by Crippen LogP contribution is 2.06. The highest BCUT2D eigenvalue weighted by molar-refractivity contribution is 5.14. The summed E-state index contributed by atoms with van der Waals surface area (Å²) in [5.74, 6) is 0. The molecule has 1 aliphatic rings. The van der Waals surface area contributed by atoms with Crippen molar-refractivity contribution in [2.75, 3.05) is 40.3 Å². The van der Waals surface area contributed by atoms with Gasteiger partial charge in [0.15, 0.2) is 0 Å². The lowest BCUT2D eigenvalue weighted by atomic mass is 10.1. The van der Waals surface area contributed by atoms with E-state index in [1.807, 2.05) is 0 Å². The number of nitrogens with one attached hydrogen (secondary N) is 1. The summed E-state index contributed by atoms with van der Waals surface area (Å²) in [6.45, 7) is 5.54. The van der Waals surface area contributed by atoms with Gasteiger partial charge in [0.05, 0.1) is 0 Å². The largest absolute Gasteiger partial charge is 0.314 e. The Morgan fingerprint density at radius 3 is 2.82 bits per heavy atom. The minimum atomic E-state index is 0.637. The Labute approximate surface area is 104 Å². The van der Waals surface area contributed by atoms with Crippen LogP contribution in [0.1, 0.15) is 5.56 Å². The van der Waals surface area contributed by atoms with Crippen molar-refractivity contribution in [3.05, 3.63) is 35.9 Å². The summed E-state index contributed by atoms with van der Waals surface area (Å²) in [5, 5.41) is 3.47. The van der Waals surface area contributed by atoms with E-state index in [0.29, 0.717) is 6.04 Å². The summed E-state index contributed by atoms with van der Waals surface area (Å²) in [6, 6.07) is 11.3. The van der Waals surface area contributed by atoms with E-state index >= 15 is 0 Å². The second-order valence-electron chi connectivity index (χ2n) is 5.02. The number of hydrogen-bond acceptors (Lipinski definition) is 3. The summed E-state index contributed by atoms with van der Waals surface area (Å²) < 4.78 is 0. The molecule has 3 heteroatoms. The molecular weight excluding hydrogens is 210 g/mol. The number of likely N-dealkylation sites (N-methyl/N-ethyl adjacent to an activating group) is 2. The van der Waals surface area contributed by atoms with E-state index in [9.17, 15) is 0 Å². The lowest BCUT2D eigenvalue weighted by Crippen LogP contribution is -2.53. The SMILES string of the molecule is CN(Cc1ccccc1)CC1CNCCN1C. The van der Waals surface area contributed by atoms with Crippen LogP contribution in [0, 0.1) is 0 Å². The molecule has 1 aromatic rings. The van der Waals surface area contributed by atoms with Crippen molar-refractivity contribution in [1.82, 2.24) is 15.1 Å². The van der Waals surface area contributed by atoms with Crippen molar-refractivity contribution in [3.63, 3.8) is 0 Å². The Kier molecular flexibility index (Phi) is 4.54. The predicted molar refractivity (Wildman–Crippen MR) is 72.1 cm³/mol. The highest BCUT2D eigenvalue weighted by Gasteiger charge is 2.19. The van der Waals surface area contributed by atoms with Gasteiger partial charge in [-0.25, -0.2) is 0 Å². The second-order valence-corrected chi connectivity index (χ2v) is 5.02. The van der Waals surface area contributed by atoms with Crippen LogP contribution in [0.2, 0.25) is 0 Å². The molecule has 2 rings (SSSR count). The normalized spacial score (nSPS) is 21.9. The van der Waals surface area contributed by atoms with Crippen LogP contribution in [-0.2, 0) is 6.54 Å². The second kappa shape index (κ2) is 6.15. The fourth-order valence-electron chi connectivity index (χ4n) is 2.39. The molecule has 0 radical (unpaired) electrons. The number of nitrogens with zero attached hydrogens (tertiary/aromatic N) is 2. The van der Waals surface area contributed by atoms with E-state index in [-0.39, 0.29) is 0 Å². The van der Waals surface area contributed by atoms with Crippen LogP contribution in [0.4, 0.5) is 0 Å². The average molecular weight is 233 g/mol. The van der Waals surface area contributed by atoms with Crippen molar-refractivity contribution in [2.24, 2.45) is 0 Å². The Morgan fingerprint density at radius 2 is 2.12 bits per heavy atom. The third-order valence-corrected chi connectivity index (χ3v) is 3.46.